The van der Waals surface area contributed by atoms with E-state index >= 15 is 0 Å². The Balaban J connectivity index is 1.72. The van der Waals surface area contributed by atoms with Crippen LogP contribution in [0.5, 0.6) is 0 Å². The van der Waals surface area contributed by atoms with E-state index in [9.17, 15) is 9.59 Å². The number of fused-ring (bicyclic) bond motifs is 1. The Morgan fingerprint density at radius 1 is 1.15 bits per heavy atom. The van der Waals surface area contributed by atoms with E-state index < -0.39 is 0 Å². The number of aromatic amines is 1. The molecule has 1 N–H and O–H groups in total. The van der Waals surface area contributed by atoms with Crippen molar-refractivity contribution in [2.75, 3.05) is 6.61 Å². The van der Waals surface area contributed by atoms with Crippen LogP contribution in [0.3, 0.4) is 0 Å². The van der Waals surface area contributed by atoms with Crippen molar-refractivity contribution in [3.05, 3.63) is 58.4 Å². The van der Waals surface area contributed by atoms with Gasteiger partial charge in [-0.25, -0.2) is 4.79 Å². The predicted octanol–water partition coefficient (Wildman–Crippen LogP) is 4.97. The maximum atomic E-state index is 12.7. The summed E-state index contributed by atoms with van der Waals surface area (Å²) in [4.78, 5) is 28.3. The van der Waals surface area contributed by atoms with Crippen molar-refractivity contribution in [2.45, 2.75) is 58.3 Å². The fourth-order valence-electron chi connectivity index (χ4n) is 3.76. The normalized spacial score (nSPS) is 16.4. The lowest BCUT2D eigenvalue weighted by Gasteiger charge is -2.22. The Kier molecular flexibility index (Phi) is 5.92. The average molecular weight is 353 g/mol. The molecule has 0 aliphatic heterocycles. The van der Waals surface area contributed by atoms with Gasteiger partial charge in [0.25, 0.3) is 0 Å². The van der Waals surface area contributed by atoms with Crippen molar-refractivity contribution >= 4 is 11.8 Å². The van der Waals surface area contributed by atoms with Crippen molar-refractivity contribution in [2.24, 2.45) is 0 Å². The molecule has 0 radical (unpaired) electrons. The van der Waals surface area contributed by atoms with Gasteiger partial charge in [-0.15, -0.1) is 0 Å². The monoisotopic (exact) mass is 353 g/mol. The summed E-state index contributed by atoms with van der Waals surface area (Å²) < 4.78 is 5.40. The SMILES string of the molecule is CCCCCCOC(=O)c1[nH]c2c(c1C)C(=O)C[C@H](c1ccccc1)C2. The molecule has 4 heteroatoms. The first kappa shape index (κ1) is 18.4. The van der Waals surface area contributed by atoms with Crippen LogP contribution in [0, 0.1) is 6.92 Å². The van der Waals surface area contributed by atoms with E-state index in [4.69, 9.17) is 4.74 Å². The fraction of sp³-hybridized carbons (Fsp3) is 0.455. The molecule has 0 unspecified atom stereocenters. The first-order chi connectivity index (χ1) is 12.6. The molecule has 1 aliphatic carbocycles. The lowest BCUT2D eigenvalue weighted by molar-refractivity contribution is 0.0490. The Hall–Kier alpha value is -2.36. The second-order valence-corrected chi connectivity index (χ2v) is 7.11. The van der Waals surface area contributed by atoms with E-state index in [2.05, 4.69) is 24.0 Å². The van der Waals surface area contributed by atoms with Crippen LogP contribution in [0.1, 0.15) is 82.6 Å². The van der Waals surface area contributed by atoms with Gasteiger partial charge in [0.1, 0.15) is 5.69 Å². The van der Waals surface area contributed by atoms with Gasteiger partial charge in [-0.2, -0.15) is 0 Å². The molecule has 1 atom stereocenters. The average Bonchev–Trinajstić information content (AvgIpc) is 2.99. The third kappa shape index (κ3) is 3.90. The van der Waals surface area contributed by atoms with Gasteiger partial charge in [0.2, 0.25) is 0 Å². The minimum Gasteiger partial charge on any atom is -0.461 e. The summed E-state index contributed by atoms with van der Waals surface area (Å²) in [5.41, 5.74) is 3.89. The quantitative estimate of drug-likeness (QED) is 0.564. The number of unbranched alkanes of at least 4 members (excludes halogenated alkanes) is 3. The van der Waals surface area contributed by atoms with Gasteiger partial charge < -0.3 is 9.72 Å². The molecule has 0 fully saturated rings. The van der Waals surface area contributed by atoms with E-state index in [1.54, 1.807) is 0 Å². The minimum atomic E-state index is -0.350. The summed E-state index contributed by atoms with van der Waals surface area (Å²) in [7, 11) is 0. The van der Waals surface area contributed by atoms with Gasteiger partial charge >= 0.3 is 5.97 Å². The standard InChI is InChI=1S/C22H27NO3/c1-3-4-5-9-12-26-22(25)21-15(2)20-18(23-21)13-17(14-19(20)24)16-10-7-6-8-11-16/h6-8,10-11,17,23H,3-5,9,12-14H2,1-2H3/t17-/m1/s1. The third-order valence-electron chi connectivity index (χ3n) is 5.19. The van der Waals surface area contributed by atoms with E-state index in [0.29, 0.717) is 24.3 Å². The highest BCUT2D eigenvalue weighted by Gasteiger charge is 2.32. The van der Waals surface area contributed by atoms with Gasteiger partial charge in [-0.05, 0) is 36.8 Å². The number of ketones is 1. The van der Waals surface area contributed by atoms with Crippen molar-refractivity contribution in [1.29, 1.82) is 0 Å². The number of hydrogen-bond acceptors (Lipinski definition) is 3. The minimum absolute atomic E-state index is 0.107. The van der Waals surface area contributed by atoms with Gasteiger partial charge in [-0.3, -0.25) is 4.79 Å². The van der Waals surface area contributed by atoms with Crippen LogP contribution in [0.25, 0.3) is 0 Å². The number of H-pyrrole nitrogens is 1. The van der Waals surface area contributed by atoms with E-state index in [1.807, 2.05) is 25.1 Å². The first-order valence-corrected chi connectivity index (χ1v) is 9.58. The second kappa shape index (κ2) is 8.35. The zero-order chi connectivity index (χ0) is 18.5. The van der Waals surface area contributed by atoms with Crippen LogP contribution < -0.4 is 0 Å². The molecular weight excluding hydrogens is 326 g/mol. The highest BCUT2D eigenvalue weighted by molar-refractivity contribution is 6.03. The number of ether oxygens (including phenoxy) is 1. The molecule has 26 heavy (non-hydrogen) atoms. The molecule has 1 aromatic carbocycles. The molecular formula is C22H27NO3. The molecule has 1 aliphatic rings. The largest absolute Gasteiger partial charge is 0.461 e. The summed E-state index contributed by atoms with van der Waals surface area (Å²) in [5.74, 6) is -0.0829. The number of carbonyl (C=O) groups excluding carboxylic acids is 2. The molecule has 138 valence electrons. The van der Waals surface area contributed by atoms with Crippen molar-refractivity contribution in [3.8, 4) is 0 Å². The molecule has 0 bridgehead atoms. The van der Waals surface area contributed by atoms with Crippen LogP contribution >= 0.6 is 0 Å². The smallest absolute Gasteiger partial charge is 0.355 e. The van der Waals surface area contributed by atoms with Gasteiger partial charge in [-0.1, -0.05) is 56.5 Å². The number of rotatable bonds is 7. The molecule has 0 amide bonds. The third-order valence-corrected chi connectivity index (χ3v) is 5.19. The molecule has 3 rings (SSSR count). The molecule has 0 spiro atoms. The Labute approximate surface area is 155 Å². The van der Waals surface area contributed by atoms with Gasteiger partial charge in [0.15, 0.2) is 5.78 Å². The van der Waals surface area contributed by atoms with Crippen LogP contribution in [0.4, 0.5) is 0 Å². The zero-order valence-corrected chi connectivity index (χ0v) is 15.6. The topological polar surface area (TPSA) is 59.2 Å². The van der Waals surface area contributed by atoms with Crippen molar-refractivity contribution < 1.29 is 14.3 Å². The van der Waals surface area contributed by atoms with Crippen LogP contribution in [-0.4, -0.2) is 23.3 Å². The number of nitrogens with one attached hydrogen (secondary N) is 1. The summed E-state index contributed by atoms with van der Waals surface area (Å²) in [6, 6.07) is 10.1. The van der Waals surface area contributed by atoms with Crippen LogP contribution in [-0.2, 0) is 11.2 Å². The molecule has 0 saturated heterocycles. The fourth-order valence-corrected chi connectivity index (χ4v) is 3.76. The van der Waals surface area contributed by atoms with Crippen molar-refractivity contribution in [1.82, 2.24) is 4.98 Å². The maximum absolute atomic E-state index is 12.7. The molecule has 0 saturated carbocycles. The van der Waals surface area contributed by atoms with E-state index in [0.717, 1.165) is 43.4 Å². The van der Waals surface area contributed by atoms with Crippen molar-refractivity contribution in [3.63, 3.8) is 0 Å². The Bertz CT molecular complexity index is 776. The lowest BCUT2D eigenvalue weighted by atomic mass is 9.81. The number of Topliss-reactive ketones (excluding diaryl/α,β-unsaturated/α-hetero) is 1. The highest BCUT2D eigenvalue weighted by Crippen LogP contribution is 2.35. The number of aromatic nitrogens is 1. The second-order valence-electron chi connectivity index (χ2n) is 7.11. The van der Waals surface area contributed by atoms with Crippen LogP contribution in [0.15, 0.2) is 30.3 Å². The number of carbonyl (C=O) groups is 2. The summed E-state index contributed by atoms with van der Waals surface area (Å²) in [5, 5.41) is 0. The highest BCUT2D eigenvalue weighted by atomic mass is 16.5. The Morgan fingerprint density at radius 2 is 1.92 bits per heavy atom. The summed E-state index contributed by atoms with van der Waals surface area (Å²) >= 11 is 0. The molecule has 1 heterocycles. The molecule has 1 aromatic heterocycles. The first-order valence-electron chi connectivity index (χ1n) is 9.58. The zero-order valence-electron chi connectivity index (χ0n) is 15.6. The number of hydrogen-bond donors (Lipinski definition) is 1. The lowest BCUT2D eigenvalue weighted by Crippen LogP contribution is -2.18. The number of esters is 1. The predicted molar refractivity (Wildman–Crippen MR) is 102 cm³/mol. The Morgan fingerprint density at radius 3 is 2.65 bits per heavy atom. The molecule has 2 aromatic rings. The van der Waals surface area contributed by atoms with Crippen LogP contribution in [0.2, 0.25) is 0 Å². The number of benzene rings is 1. The molecule has 4 nitrogen and oxygen atoms in total. The van der Waals surface area contributed by atoms with Gasteiger partial charge in [0.05, 0.1) is 6.61 Å². The van der Waals surface area contributed by atoms with E-state index in [-0.39, 0.29) is 17.7 Å². The van der Waals surface area contributed by atoms with Gasteiger partial charge in [0, 0.05) is 17.7 Å². The summed E-state index contributed by atoms with van der Waals surface area (Å²) in [6.07, 6.45) is 5.50. The maximum Gasteiger partial charge on any atom is 0.355 e. The van der Waals surface area contributed by atoms with E-state index in [1.165, 1.54) is 5.56 Å². The summed E-state index contributed by atoms with van der Waals surface area (Å²) in [6.45, 7) is 4.42.